The minimum absolute atomic E-state index is 0.598. The Morgan fingerprint density at radius 1 is 0.913 bits per heavy atom. The molecule has 0 aliphatic carbocycles. The number of hydrogen-bond donors (Lipinski definition) is 0. The second-order valence-corrected chi connectivity index (χ2v) is 6.81. The van der Waals surface area contributed by atoms with E-state index in [1.807, 2.05) is 17.0 Å². The molecule has 0 amide bonds. The van der Waals surface area contributed by atoms with Crippen LogP contribution in [0.15, 0.2) is 18.5 Å². The van der Waals surface area contributed by atoms with E-state index in [0.29, 0.717) is 6.73 Å². The lowest BCUT2D eigenvalue weighted by Crippen LogP contribution is -2.34. The number of halogens is 1. The standard InChI is InChI=1S/C20H35ClNO/c1-3-5-6-7-8-9-10-11-12-13-16-23-18-22-15-14-19(4-2)20(21)17-22/h14-15,17H,3-13,16,18H2,1-2H3/q+1. The maximum Gasteiger partial charge on any atom is 0.252 e. The molecule has 0 bridgehead atoms. The van der Waals surface area contributed by atoms with Crippen LogP contribution in [0.1, 0.15) is 83.6 Å². The molecule has 1 aromatic rings. The van der Waals surface area contributed by atoms with Crippen molar-refractivity contribution in [1.82, 2.24) is 0 Å². The molecule has 0 atom stereocenters. The van der Waals surface area contributed by atoms with Gasteiger partial charge in [-0.1, -0.05) is 83.2 Å². The molecule has 23 heavy (non-hydrogen) atoms. The van der Waals surface area contributed by atoms with Gasteiger partial charge in [0.15, 0.2) is 12.4 Å². The number of rotatable bonds is 14. The molecule has 0 saturated heterocycles. The Morgan fingerprint density at radius 3 is 2.09 bits per heavy atom. The van der Waals surface area contributed by atoms with Crippen LogP contribution in [0.2, 0.25) is 5.02 Å². The number of ether oxygens (including phenoxy) is 1. The molecule has 3 heteroatoms. The van der Waals surface area contributed by atoms with Gasteiger partial charge >= 0.3 is 0 Å². The van der Waals surface area contributed by atoms with Crippen LogP contribution in [0.25, 0.3) is 0 Å². The van der Waals surface area contributed by atoms with Crippen molar-refractivity contribution in [3.05, 3.63) is 29.0 Å². The van der Waals surface area contributed by atoms with Gasteiger partial charge in [-0.05, 0) is 18.4 Å². The molecule has 0 saturated carbocycles. The van der Waals surface area contributed by atoms with Crippen molar-refractivity contribution in [3.63, 3.8) is 0 Å². The summed E-state index contributed by atoms with van der Waals surface area (Å²) < 4.78 is 7.74. The van der Waals surface area contributed by atoms with Crippen molar-refractivity contribution in [2.75, 3.05) is 6.61 Å². The molecule has 0 radical (unpaired) electrons. The molecule has 1 aromatic heterocycles. The SMILES string of the molecule is CCCCCCCCCCCCOC[n+]1ccc(CC)c(Cl)c1. The minimum atomic E-state index is 0.598. The van der Waals surface area contributed by atoms with Gasteiger partial charge in [0.25, 0.3) is 6.73 Å². The fraction of sp³-hybridized carbons (Fsp3) is 0.750. The lowest BCUT2D eigenvalue weighted by atomic mass is 10.1. The molecule has 0 fully saturated rings. The van der Waals surface area contributed by atoms with E-state index in [9.17, 15) is 0 Å². The van der Waals surface area contributed by atoms with Gasteiger partial charge in [-0.25, -0.2) is 0 Å². The number of pyridine rings is 1. The molecule has 0 N–H and O–H groups in total. The Balaban J connectivity index is 1.92. The second-order valence-electron chi connectivity index (χ2n) is 6.41. The molecule has 1 rings (SSSR count). The molecule has 0 aromatic carbocycles. The van der Waals surface area contributed by atoms with E-state index in [4.69, 9.17) is 16.3 Å². The zero-order valence-corrected chi connectivity index (χ0v) is 15.9. The molecule has 1 heterocycles. The number of aromatic nitrogens is 1. The molecule has 0 unspecified atom stereocenters. The average Bonchev–Trinajstić information content (AvgIpc) is 2.56. The highest BCUT2D eigenvalue weighted by molar-refractivity contribution is 6.31. The summed E-state index contributed by atoms with van der Waals surface area (Å²) in [6.07, 6.45) is 18.6. The average molecular weight is 341 g/mol. The molecule has 0 aliphatic rings. The van der Waals surface area contributed by atoms with E-state index in [1.54, 1.807) is 0 Å². The van der Waals surface area contributed by atoms with Crippen LogP contribution < -0.4 is 4.57 Å². The van der Waals surface area contributed by atoms with Crippen molar-refractivity contribution in [1.29, 1.82) is 0 Å². The van der Waals surface area contributed by atoms with Crippen LogP contribution in [0.3, 0.4) is 0 Å². The highest BCUT2D eigenvalue weighted by atomic mass is 35.5. The summed E-state index contributed by atoms with van der Waals surface area (Å²) in [7, 11) is 0. The van der Waals surface area contributed by atoms with Gasteiger partial charge in [0, 0.05) is 6.07 Å². The quantitative estimate of drug-likeness (QED) is 0.295. The predicted octanol–water partition coefficient (Wildman–Crippen LogP) is 6.08. The van der Waals surface area contributed by atoms with Crippen LogP contribution in [0.4, 0.5) is 0 Å². The van der Waals surface area contributed by atoms with Gasteiger partial charge < -0.3 is 4.74 Å². The lowest BCUT2D eigenvalue weighted by molar-refractivity contribution is -0.732. The Labute approximate surface area is 148 Å². The van der Waals surface area contributed by atoms with Crippen LogP contribution in [-0.4, -0.2) is 6.61 Å². The summed E-state index contributed by atoms with van der Waals surface area (Å²) in [5.41, 5.74) is 1.19. The van der Waals surface area contributed by atoms with E-state index in [0.717, 1.165) is 24.5 Å². The van der Waals surface area contributed by atoms with Crippen LogP contribution >= 0.6 is 11.6 Å². The Kier molecular flexibility index (Phi) is 12.3. The molecule has 0 aliphatic heterocycles. The monoisotopic (exact) mass is 340 g/mol. The van der Waals surface area contributed by atoms with Crippen LogP contribution in [0, 0.1) is 0 Å². The van der Waals surface area contributed by atoms with Crippen molar-refractivity contribution in [2.24, 2.45) is 0 Å². The number of aryl methyl sites for hydroxylation is 1. The first-order chi connectivity index (χ1) is 11.3. The number of hydrogen-bond acceptors (Lipinski definition) is 1. The van der Waals surface area contributed by atoms with E-state index in [2.05, 4.69) is 19.9 Å². The largest absolute Gasteiger partial charge is 0.323 e. The van der Waals surface area contributed by atoms with Gasteiger partial charge in [-0.15, -0.1) is 0 Å². The van der Waals surface area contributed by atoms with Gasteiger partial charge in [-0.3, -0.25) is 0 Å². The van der Waals surface area contributed by atoms with Crippen molar-refractivity contribution in [2.45, 2.75) is 91.2 Å². The maximum absolute atomic E-state index is 6.20. The van der Waals surface area contributed by atoms with Gasteiger partial charge in [0.05, 0.1) is 6.61 Å². The van der Waals surface area contributed by atoms with Crippen molar-refractivity contribution >= 4 is 11.6 Å². The summed E-state index contributed by atoms with van der Waals surface area (Å²) >= 11 is 6.20. The first-order valence-corrected chi connectivity index (χ1v) is 9.91. The fourth-order valence-corrected chi connectivity index (χ4v) is 3.09. The highest BCUT2D eigenvalue weighted by Crippen LogP contribution is 2.13. The van der Waals surface area contributed by atoms with Gasteiger partial charge in [-0.2, -0.15) is 4.57 Å². The molecule has 132 valence electrons. The topological polar surface area (TPSA) is 13.1 Å². The predicted molar refractivity (Wildman–Crippen MR) is 98.8 cm³/mol. The number of unbranched alkanes of at least 4 members (excludes halogenated alkanes) is 9. The summed E-state index contributed by atoms with van der Waals surface area (Å²) in [4.78, 5) is 0. The zero-order valence-electron chi connectivity index (χ0n) is 15.2. The van der Waals surface area contributed by atoms with Crippen LogP contribution in [0.5, 0.6) is 0 Å². The summed E-state index contributed by atoms with van der Waals surface area (Å²) in [6.45, 7) is 5.83. The summed E-state index contributed by atoms with van der Waals surface area (Å²) in [5, 5.41) is 0.831. The minimum Gasteiger partial charge on any atom is -0.323 e. The van der Waals surface area contributed by atoms with Gasteiger partial charge in [0.1, 0.15) is 5.02 Å². The van der Waals surface area contributed by atoms with E-state index >= 15 is 0 Å². The second kappa shape index (κ2) is 13.8. The maximum atomic E-state index is 6.20. The normalized spacial score (nSPS) is 11.1. The van der Waals surface area contributed by atoms with Crippen molar-refractivity contribution < 1.29 is 9.30 Å². The first kappa shape index (κ1) is 20.4. The molecule has 2 nitrogen and oxygen atoms in total. The smallest absolute Gasteiger partial charge is 0.252 e. The third-order valence-electron chi connectivity index (χ3n) is 4.32. The third kappa shape index (κ3) is 9.99. The highest BCUT2D eigenvalue weighted by Gasteiger charge is 2.05. The van der Waals surface area contributed by atoms with E-state index < -0.39 is 0 Å². The summed E-state index contributed by atoms with van der Waals surface area (Å²) in [5.74, 6) is 0. The lowest BCUT2D eigenvalue weighted by Gasteiger charge is -2.04. The first-order valence-electron chi connectivity index (χ1n) is 9.53. The third-order valence-corrected chi connectivity index (χ3v) is 4.66. The van der Waals surface area contributed by atoms with E-state index in [-0.39, 0.29) is 0 Å². The molecular weight excluding hydrogens is 306 g/mol. The van der Waals surface area contributed by atoms with E-state index in [1.165, 1.54) is 63.4 Å². The van der Waals surface area contributed by atoms with Crippen molar-refractivity contribution in [3.8, 4) is 0 Å². The Morgan fingerprint density at radius 2 is 1.52 bits per heavy atom. The number of nitrogens with zero attached hydrogens (tertiary/aromatic N) is 1. The van der Waals surface area contributed by atoms with Crippen LogP contribution in [-0.2, 0) is 17.9 Å². The Bertz CT molecular complexity index is 409. The zero-order chi connectivity index (χ0) is 16.8. The summed E-state index contributed by atoms with van der Waals surface area (Å²) in [6, 6.07) is 2.08. The fourth-order valence-electron chi connectivity index (χ4n) is 2.77. The Hall–Kier alpha value is -0.600. The van der Waals surface area contributed by atoms with Gasteiger partial charge in [0.2, 0.25) is 0 Å². The molecule has 0 spiro atoms. The molecular formula is C20H35ClNO+.